The molecule has 0 spiro atoms. The number of aliphatic imine (C=N–C) groups is 1. The van der Waals surface area contributed by atoms with Crippen LogP contribution in [0.15, 0.2) is 69.3 Å². The zero-order valence-corrected chi connectivity index (χ0v) is 16.8. The number of nitriles is 1. The SMILES string of the molecule is C=CN(C(=O)Nc1nonc1C(N)=Nc1ccc(F)c(Br)c1)c1cccc(C#N)c1. The van der Waals surface area contributed by atoms with Crippen LogP contribution < -0.4 is 16.0 Å². The number of urea groups is 1. The molecule has 3 N–H and O–H groups in total. The van der Waals surface area contributed by atoms with Crippen molar-refractivity contribution in [2.75, 3.05) is 10.2 Å². The molecule has 0 aliphatic rings. The number of carbonyl (C=O) groups excluding carboxylic acids is 1. The maximum absolute atomic E-state index is 13.4. The number of nitrogens with one attached hydrogen (secondary N) is 1. The van der Waals surface area contributed by atoms with Crippen LogP contribution in [0.2, 0.25) is 0 Å². The maximum atomic E-state index is 13.4. The predicted octanol–water partition coefficient (Wildman–Crippen LogP) is 4.06. The van der Waals surface area contributed by atoms with Crippen LogP contribution >= 0.6 is 15.9 Å². The first-order valence-corrected chi connectivity index (χ1v) is 9.07. The molecule has 0 aliphatic heterocycles. The second-order valence-corrected chi connectivity index (χ2v) is 6.56. The van der Waals surface area contributed by atoms with Gasteiger partial charge in [0.05, 0.1) is 27.5 Å². The van der Waals surface area contributed by atoms with Gasteiger partial charge < -0.3 is 5.73 Å². The lowest BCUT2D eigenvalue weighted by Gasteiger charge is -2.18. The van der Waals surface area contributed by atoms with Gasteiger partial charge in [0.1, 0.15) is 5.82 Å². The lowest BCUT2D eigenvalue weighted by molar-refractivity contribution is 0.258. The Morgan fingerprint density at radius 2 is 2.17 bits per heavy atom. The summed E-state index contributed by atoms with van der Waals surface area (Å²) in [6, 6.07) is 11.8. The van der Waals surface area contributed by atoms with Gasteiger partial charge in [-0.2, -0.15) is 5.26 Å². The second kappa shape index (κ2) is 8.97. The van der Waals surface area contributed by atoms with Crippen molar-refractivity contribution in [2.45, 2.75) is 0 Å². The molecule has 150 valence electrons. The Morgan fingerprint density at radius 1 is 1.37 bits per heavy atom. The van der Waals surface area contributed by atoms with Gasteiger partial charge in [0.2, 0.25) is 5.82 Å². The highest BCUT2D eigenvalue weighted by Crippen LogP contribution is 2.23. The normalized spacial score (nSPS) is 10.9. The molecule has 3 rings (SSSR count). The zero-order chi connectivity index (χ0) is 21.7. The summed E-state index contributed by atoms with van der Waals surface area (Å²) < 4.78 is 18.3. The number of benzene rings is 2. The standard InChI is InChI=1S/C19H13BrFN7O2/c1-2-28(13-5-3-4-11(8-13)10-22)19(29)25-18-16(26-30-27-18)17(23)24-12-6-7-15(21)14(20)9-12/h2-9H,1H2,(H2,23,24)(H,25,27,29). The van der Waals surface area contributed by atoms with Crippen LogP contribution in [-0.4, -0.2) is 22.2 Å². The molecule has 0 fully saturated rings. The monoisotopic (exact) mass is 469 g/mol. The molecule has 0 bridgehead atoms. The lowest BCUT2D eigenvalue weighted by atomic mass is 10.2. The summed E-state index contributed by atoms with van der Waals surface area (Å²) in [7, 11) is 0. The van der Waals surface area contributed by atoms with Crippen LogP contribution in [-0.2, 0) is 0 Å². The Balaban J connectivity index is 1.84. The highest BCUT2D eigenvalue weighted by molar-refractivity contribution is 9.10. The molecule has 2 amide bonds. The van der Waals surface area contributed by atoms with Crippen molar-refractivity contribution in [3.8, 4) is 6.07 Å². The summed E-state index contributed by atoms with van der Waals surface area (Å²) in [5.41, 5.74) is 7.07. The van der Waals surface area contributed by atoms with Crippen molar-refractivity contribution in [2.24, 2.45) is 10.7 Å². The molecule has 1 aromatic heterocycles. The Kier molecular flexibility index (Phi) is 6.19. The Morgan fingerprint density at radius 3 is 2.87 bits per heavy atom. The number of halogens is 2. The van der Waals surface area contributed by atoms with E-state index in [9.17, 15) is 9.18 Å². The Hall–Kier alpha value is -4.04. The minimum absolute atomic E-state index is 0.0152. The van der Waals surface area contributed by atoms with E-state index in [1.54, 1.807) is 18.2 Å². The summed E-state index contributed by atoms with van der Waals surface area (Å²) in [5.74, 6) is -0.638. The van der Waals surface area contributed by atoms with E-state index >= 15 is 0 Å². The summed E-state index contributed by atoms with van der Waals surface area (Å²) >= 11 is 3.06. The van der Waals surface area contributed by atoms with Crippen LogP contribution in [0.25, 0.3) is 0 Å². The molecular formula is C19H13BrFN7O2. The largest absolute Gasteiger partial charge is 0.382 e. The summed E-state index contributed by atoms with van der Waals surface area (Å²) in [6.07, 6.45) is 1.27. The zero-order valence-electron chi connectivity index (χ0n) is 15.2. The second-order valence-electron chi connectivity index (χ2n) is 5.70. The number of amides is 2. The molecule has 9 nitrogen and oxygen atoms in total. The third-order valence-corrected chi connectivity index (χ3v) is 4.37. The number of nitrogens with two attached hydrogens (primary N) is 1. The highest BCUT2D eigenvalue weighted by Gasteiger charge is 2.20. The average Bonchev–Trinajstić information content (AvgIpc) is 3.19. The minimum atomic E-state index is -0.644. The third kappa shape index (κ3) is 4.50. The van der Waals surface area contributed by atoms with Crippen LogP contribution in [0.3, 0.4) is 0 Å². The molecule has 1 heterocycles. The molecular weight excluding hydrogens is 457 g/mol. The topological polar surface area (TPSA) is 133 Å². The molecule has 0 saturated carbocycles. The van der Waals surface area contributed by atoms with E-state index in [2.05, 4.69) is 47.8 Å². The highest BCUT2D eigenvalue weighted by atomic mass is 79.9. The number of nitrogens with zero attached hydrogens (tertiary/aromatic N) is 5. The van der Waals surface area contributed by atoms with Crippen LogP contribution in [0.4, 0.5) is 26.4 Å². The van der Waals surface area contributed by atoms with E-state index in [0.717, 1.165) is 0 Å². The van der Waals surface area contributed by atoms with Crippen molar-refractivity contribution in [1.29, 1.82) is 5.26 Å². The number of hydrogen-bond donors (Lipinski definition) is 2. The van der Waals surface area contributed by atoms with Gasteiger partial charge in [0, 0.05) is 6.20 Å². The van der Waals surface area contributed by atoms with Crippen LogP contribution in [0.1, 0.15) is 11.3 Å². The predicted molar refractivity (Wildman–Crippen MR) is 112 cm³/mol. The molecule has 2 aromatic carbocycles. The molecule has 30 heavy (non-hydrogen) atoms. The first-order chi connectivity index (χ1) is 14.4. The van der Waals surface area contributed by atoms with Crippen molar-refractivity contribution < 1.29 is 13.8 Å². The summed E-state index contributed by atoms with van der Waals surface area (Å²) in [5, 5.41) is 18.8. The molecule has 0 atom stereocenters. The van der Waals surface area contributed by atoms with E-state index in [-0.39, 0.29) is 21.8 Å². The Bertz CT molecular complexity index is 1190. The van der Waals surface area contributed by atoms with Crippen molar-refractivity contribution in [1.82, 2.24) is 10.3 Å². The van der Waals surface area contributed by atoms with E-state index < -0.39 is 11.8 Å². The van der Waals surface area contributed by atoms with E-state index in [1.165, 1.54) is 35.4 Å². The van der Waals surface area contributed by atoms with Gasteiger partial charge in [-0.25, -0.2) is 18.8 Å². The molecule has 11 heteroatoms. The molecule has 0 unspecified atom stereocenters. The van der Waals surface area contributed by atoms with E-state index in [1.807, 2.05) is 6.07 Å². The molecule has 3 aromatic rings. The molecule has 0 aliphatic carbocycles. The lowest BCUT2D eigenvalue weighted by Crippen LogP contribution is -2.31. The van der Waals surface area contributed by atoms with Gasteiger partial charge in [-0.3, -0.25) is 10.2 Å². The van der Waals surface area contributed by atoms with Gasteiger partial charge in [-0.1, -0.05) is 12.6 Å². The van der Waals surface area contributed by atoms with Crippen LogP contribution in [0, 0.1) is 17.1 Å². The van der Waals surface area contributed by atoms with Crippen LogP contribution in [0.5, 0.6) is 0 Å². The first-order valence-electron chi connectivity index (χ1n) is 8.28. The number of carbonyl (C=O) groups is 1. The number of hydrogen-bond acceptors (Lipinski definition) is 6. The number of anilines is 2. The fraction of sp³-hybridized carbons (Fsp3) is 0. The van der Waals surface area contributed by atoms with Crippen molar-refractivity contribution in [3.63, 3.8) is 0 Å². The molecule has 0 radical (unpaired) electrons. The smallest absolute Gasteiger partial charge is 0.331 e. The average molecular weight is 470 g/mol. The van der Waals surface area contributed by atoms with Crippen molar-refractivity contribution >= 4 is 45.0 Å². The van der Waals surface area contributed by atoms with Gasteiger partial charge in [0.15, 0.2) is 11.5 Å². The number of aromatic nitrogens is 2. The maximum Gasteiger partial charge on any atom is 0.331 e. The van der Waals surface area contributed by atoms with E-state index in [0.29, 0.717) is 16.9 Å². The number of amidine groups is 1. The number of rotatable bonds is 5. The van der Waals surface area contributed by atoms with Gasteiger partial charge in [0.25, 0.3) is 0 Å². The third-order valence-electron chi connectivity index (χ3n) is 3.76. The summed E-state index contributed by atoms with van der Waals surface area (Å²) in [6.45, 7) is 3.61. The summed E-state index contributed by atoms with van der Waals surface area (Å²) in [4.78, 5) is 18.0. The minimum Gasteiger partial charge on any atom is -0.382 e. The van der Waals surface area contributed by atoms with Crippen molar-refractivity contribution in [3.05, 3.63) is 76.8 Å². The van der Waals surface area contributed by atoms with Gasteiger partial charge in [-0.05, 0) is 62.6 Å². The Labute approximate surface area is 178 Å². The van der Waals surface area contributed by atoms with Gasteiger partial charge >= 0.3 is 6.03 Å². The quantitative estimate of drug-likeness (QED) is 0.427. The fourth-order valence-electron chi connectivity index (χ4n) is 2.38. The molecule has 0 saturated heterocycles. The van der Waals surface area contributed by atoms with Gasteiger partial charge in [-0.15, -0.1) is 0 Å². The first kappa shape index (κ1) is 20.7. The van der Waals surface area contributed by atoms with E-state index in [4.69, 9.17) is 11.0 Å². The fourth-order valence-corrected chi connectivity index (χ4v) is 2.74.